The minimum atomic E-state index is -0.403. The monoisotopic (exact) mass is 382 g/mol. The molecule has 0 atom stereocenters. The van der Waals surface area contributed by atoms with Gasteiger partial charge >= 0.3 is 0 Å². The van der Waals surface area contributed by atoms with Crippen molar-refractivity contribution in [2.24, 2.45) is 0 Å². The third-order valence-electron chi connectivity index (χ3n) is 4.37. The number of rotatable bonds is 7. The molecule has 0 spiro atoms. The Kier molecular flexibility index (Phi) is 6.64. The van der Waals surface area contributed by atoms with Gasteiger partial charge in [0.15, 0.2) is 0 Å². The third kappa shape index (κ3) is 5.47. The van der Waals surface area contributed by atoms with Crippen LogP contribution in [0.2, 0.25) is 0 Å². The number of nitrogens with one attached hydrogen (secondary N) is 1. The minimum Gasteiger partial charge on any atom is -0.399 e. The molecule has 0 aliphatic carbocycles. The molecule has 0 unspecified atom stereocenters. The fourth-order valence-electron chi connectivity index (χ4n) is 2.85. The first-order valence-electron chi connectivity index (χ1n) is 9.31. The number of benzene rings is 3. The number of anilines is 3. The van der Waals surface area contributed by atoms with E-state index in [4.69, 9.17) is 5.73 Å². The van der Waals surface area contributed by atoms with Gasteiger partial charge < -0.3 is 16.0 Å². The van der Waals surface area contributed by atoms with Gasteiger partial charge in [0.05, 0.1) is 0 Å². The second-order valence-electron chi connectivity index (χ2n) is 6.44. The highest BCUT2D eigenvalue weighted by Crippen LogP contribution is 2.27. The smallest absolute Gasteiger partial charge is 0.263 e. The van der Waals surface area contributed by atoms with E-state index in [0.29, 0.717) is 18.7 Å². The molecule has 0 heterocycles. The van der Waals surface area contributed by atoms with Crippen molar-refractivity contribution in [2.75, 3.05) is 17.2 Å². The van der Waals surface area contributed by atoms with Crippen molar-refractivity contribution >= 4 is 23.0 Å². The van der Waals surface area contributed by atoms with Crippen LogP contribution in [-0.4, -0.2) is 12.5 Å². The Morgan fingerprint density at radius 1 is 0.931 bits per heavy atom. The van der Waals surface area contributed by atoms with Crippen LogP contribution in [0.25, 0.3) is 0 Å². The topological polar surface area (TPSA) is 82.2 Å². The highest BCUT2D eigenvalue weighted by atomic mass is 16.1. The van der Waals surface area contributed by atoms with Gasteiger partial charge in [0.25, 0.3) is 5.91 Å². The van der Waals surface area contributed by atoms with Crippen molar-refractivity contribution in [2.45, 2.75) is 6.42 Å². The number of carbonyl (C=O) groups is 1. The van der Waals surface area contributed by atoms with E-state index in [1.807, 2.05) is 78.9 Å². The van der Waals surface area contributed by atoms with Gasteiger partial charge in [-0.05, 0) is 48.4 Å². The molecule has 5 nitrogen and oxygen atoms in total. The average molecular weight is 382 g/mol. The van der Waals surface area contributed by atoms with Crippen molar-refractivity contribution in [3.63, 3.8) is 0 Å². The zero-order valence-electron chi connectivity index (χ0n) is 16.0. The summed E-state index contributed by atoms with van der Waals surface area (Å²) in [6.45, 7) is 0.453. The lowest BCUT2D eigenvalue weighted by Gasteiger charge is -2.21. The SMILES string of the molecule is N#C/C(=C/N(c1ccccc1)c1ccc(N)cc1)C(=O)NCCc1ccccc1. The number of hydrogen-bond donors (Lipinski definition) is 2. The zero-order chi connectivity index (χ0) is 20.5. The highest BCUT2D eigenvalue weighted by Gasteiger charge is 2.13. The van der Waals surface area contributed by atoms with Gasteiger partial charge in [-0.1, -0.05) is 48.5 Å². The van der Waals surface area contributed by atoms with E-state index in [2.05, 4.69) is 5.32 Å². The quantitative estimate of drug-likeness (QED) is 0.365. The third-order valence-corrected chi connectivity index (χ3v) is 4.37. The second-order valence-corrected chi connectivity index (χ2v) is 6.44. The standard InChI is InChI=1S/C24H22N4O/c25-17-20(24(29)27-16-15-19-7-3-1-4-8-19)18-28(22-9-5-2-6-10-22)23-13-11-21(26)12-14-23/h1-14,18H,15-16,26H2,(H,27,29)/b20-18-. The van der Waals surface area contributed by atoms with Gasteiger partial charge in [-0.3, -0.25) is 4.79 Å². The molecule has 5 heteroatoms. The Morgan fingerprint density at radius 2 is 1.52 bits per heavy atom. The van der Waals surface area contributed by atoms with Crippen molar-refractivity contribution < 1.29 is 4.79 Å². The van der Waals surface area contributed by atoms with Crippen LogP contribution >= 0.6 is 0 Å². The molecule has 3 rings (SSSR count). The number of amides is 1. The largest absolute Gasteiger partial charge is 0.399 e. The molecule has 1 amide bonds. The van der Waals surface area contributed by atoms with E-state index >= 15 is 0 Å². The van der Waals surface area contributed by atoms with Gasteiger partial charge in [0, 0.05) is 29.8 Å². The molecule has 0 aliphatic rings. The van der Waals surface area contributed by atoms with E-state index in [9.17, 15) is 10.1 Å². The molecule has 3 N–H and O–H groups in total. The van der Waals surface area contributed by atoms with Crippen LogP contribution in [0, 0.1) is 11.3 Å². The maximum absolute atomic E-state index is 12.6. The lowest BCUT2D eigenvalue weighted by atomic mass is 10.1. The molecule has 0 aromatic heterocycles. The van der Waals surface area contributed by atoms with Gasteiger partial charge in [0.1, 0.15) is 11.6 Å². The molecule has 0 aliphatic heterocycles. The lowest BCUT2D eigenvalue weighted by molar-refractivity contribution is -0.117. The summed E-state index contributed by atoms with van der Waals surface area (Å²) in [5.74, 6) is -0.403. The first-order valence-corrected chi connectivity index (χ1v) is 9.31. The molecular formula is C24H22N4O. The van der Waals surface area contributed by atoms with E-state index in [1.165, 1.54) is 0 Å². The maximum Gasteiger partial charge on any atom is 0.263 e. The van der Waals surface area contributed by atoms with Crippen LogP contribution in [0.4, 0.5) is 17.1 Å². The van der Waals surface area contributed by atoms with Gasteiger partial charge in [-0.2, -0.15) is 5.26 Å². The van der Waals surface area contributed by atoms with Crippen LogP contribution in [0.5, 0.6) is 0 Å². The molecule has 3 aromatic rings. The van der Waals surface area contributed by atoms with Gasteiger partial charge in [-0.25, -0.2) is 0 Å². The second kappa shape index (κ2) is 9.77. The zero-order valence-corrected chi connectivity index (χ0v) is 16.0. The molecule has 0 radical (unpaired) electrons. The summed E-state index contributed by atoms with van der Waals surface area (Å²) in [5.41, 5.74) is 9.23. The molecule has 0 saturated heterocycles. The van der Waals surface area contributed by atoms with Crippen LogP contribution in [0.3, 0.4) is 0 Å². The summed E-state index contributed by atoms with van der Waals surface area (Å²) in [6, 6.07) is 28.7. The number of carbonyl (C=O) groups excluding carboxylic acids is 1. The van der Waals surface area contributed by atoms with E-state index in [-0.39, 0.29) is 5.57 Å². The molecule has 29 heavy (non-hydrogen) atoms. The van der Waals surface area contributed by atoms with Crippen LogP contribution in [-0.2, 0) is 11.2 Å². The number of hydrogen-bond acceptors (Lipinski definition) is 4. The normalized spacial score (nSPS) is 10.8. The number of nitriles is 1. The van der Waals surface area contributed by atoms with E-state index in [0.717, 1.165) is 16.9 Å². The molecule has 144 valence electrons. The summed E-state index contributed by atoms with van der Waals surface area (Å²) < 4.78 is 0. The van der Waals surface area contributed by atoms with Crippen LogP contribution < -0.4 is 16.0 Å². The van der Waals surface area contributed by atoms with E-state index < -0.39 is 5.91 Å². The summed E-state index contributed by atoms with van der Waals surface area (Å²) in [5, 5.41) is 12.4. The fourth-order valence-corrected chi connectivity index (χ4v) is 2.85. The maximum atomic E-state index is 12.6. The first kappa shape index (κ1) is 19.7. The Labute approximate surface area is 170 Å². The number of nitrogen functional groups attached to an aromatic ring is 1. The first-order chi connectivity index (χ1) is 14.2. The Balaban J connectivity index is 1.79. The van der Waals surface area contributed by atoms with Gasteiger partial charge in [0.2, 0.25) is 0 Å². The van der Waals surface area contributed by atoms with Crippen LogP contribution in [0.15, 0.2) is 96.7 Å². The number of para-hydroxylation sites is 1. The van der Waals surface area contributed by atoms with Crippen molar-refractivity contribution in [1.29, 1.82) is 5.26 Å². The minimum absolute atomic E-state index is 0.0266. The molecule has 0 saturated carbocycles. The highest BCUT2D eigenvalue weighted by molar-refractivity contribution is 5.98. The lowest BCUT2D eigenvalue weighted by Crippen LogP contribution is -2.28. The fraction of sp³-hybridized carbons (Fsp3) is 0.0833. The van der Waals surface area contributed by atoms with Crippen molar-refractivity contribution in [3.05, 3.63) is 102 Å². The molecule has 0 bridgehead atoms. The molecular weight excluding hydrogens is 360 g/mol. The van der Waals surface area contributed by atoms with Gasteiger partial charge in [-0.15, -0.1) is 0 Å². The Bertz CT molecular complexity index is 1010. The predicted octanol–water partition coefficient (Wildman–Crippen LogP) is 4.17. The van der Waals surface area contributed by atoms with E-state index in [1.54, 1.807) is 23.2 Å². The Morgan fingerprint density at radius 3 is 2.14 bits per heavy atom. The summed E-state index contributed by atoms with van der Waals surface area (Å²) in [6.07, 6.45) is 2.25. The number of nitrogens with zero attached hydrogens (tertiary/aromatic N) is 2. The predicted molar refractivity (Wildman–Crippen MR) is 116 cm³/mol. The molecule has 0 fully saturated rings. The number of nitrogens with two attached hydrogens (primary N) is 1. The molecule has 3 aromatic carbocycles. The summed E-state index contributed by atoms with van der Waals surface area (Å²) >= 11 is 0. The Hall–Kier alpha value is -4.04. The van der Waals surface area contributed by atoms with Crippen molar-refractivity contribution in [1.82, 2.24) is 5.32 Å². The summed E-state index contributed by atoms with van der Waals surface area (Å²) in [7, 11) is 0. The van der Waals surface area contributed by atoms with Crippen molar-refractivity contribution in [3.8, 4) is 6.07 Å². The summed E-state index contributed by atoms with van der Waals surface area (Å²) in [4.78, 5) is 14.4. The van der Waals surface area contributed by atoms with Crippen LogP contribution in [0.1, 0.15) is 5.56 Å². The average Bonchev–Trinajstić information content (AvgIpc) is 2.77.